The number of nitrogens with one attached hydrogen (secondary N) is 2. The van der Waals surface area contributed by atoms with Gasteiger partial charge in [-0.2, -0.15) is 0 Å². The van der Waals surface area contributed by atoms with Crippen LogP contribution in [-0.4, -0.2) is 20.7 Å². The van der Waals surface area contributed by atoms with Crippen LogP contribution in [0.4, 0.5) is 0 Å². The number of hydrogen-bond donors (Lipinski definition) is 2. The SMILES string of the molecule is O=C(c1cc2c(cnc3ccccc32)[nH]1)c1c[nH]c2ccccc12. The first kappa shape index (κ1) is 13.1. The van der Waals surface area contributed by atoms with E-state index in [9.17, 15) is 4.79 Å². The zero-order chi connectivity index (χ0) is 16.1. The number of benzene rings is 2. The third-order valence-electron chi connectivity index (χ3n) is 4.45. The molecule has 0 radical (unpaired) electrons. The van der Waals surface area contributed by atoms with E-state index in [4.69, 9.17) is 0 Å². The highest BCUT2D eigenvalue weighted by atomic mass is 16.1. The van der Waals surface area contributed by atoms with E-state index in [0.717, 1.165) is 32.7 Å². The lowest BCUT2D eigenvalue weighted by Crippen LogP contribution is -2.00. The van der Waals surface area contributed by atoms with Crippen molar-refractivity contribution in [1.82, 2.24) is 15.0 Å². The standard InChI is InChI=1S/C20H13N3O/c24-20(15-10-21-17-8-4-2-6-13(15)17)18-9-14-12-5-1-3-7-16(12)22-11-19(14)23-18/h1-11,21,23H. The number of H-pyrrole nitrogens is 2. The minimum atomic E-state index is -0.0206. The van der Waals surface area contributed by atoms with Crippen molar-refractivity contribution in [2.75, 3.05) is 0 Å². The molecule has 0 atom stereocenters. The van der Waals surface area contributed by atoms with Gasteiger partial charge in [-0.1, -0.05) is 36.4 Å². The molecular weight excluding hydrogens is 298 g/mol. The molecule has 0 saturated heterocycles. The van der Waals surface area contributed by atoms with Gasteiger partial charge in [-0.15, -0.1) is 0 Å². The van der Waals surface area contributed by atoms with Crippen molar-refractivity contribution in [3.8, 4) is 0 Å². The summed E-state index contributed by atoms with van der Waals surface area (Å²) in [5.74, 6) is -0.0206. The highest BCUT2D eigenvalue weighted by Crippen LogP contribution is 2.26. The average molecular weight is 311 g/mol. The summed E-state index contributed by atoms with van der Waals surface area (Å²) < 4.78 is 0. The number of pyridine rings is 1. The highest BCUT2D eigenvalue weighted by Gasteiger charge is 2.17. The van der Waals surface area contributed by atoms with Crippen molar-refractivity contribution in [3.05, 3.63) is 78.2 Å². The monoisotopic (exact) mass is 311 g/mol. The van der Waals surface area contributed by atoms with Gasteiger partial charge in [0.2, 0.25) is 5.78 Å². The Morgan fingerprint density at radius 3 is 2.58 bits per heavy atom. The van der Waals surface area contributed by atoms with Crippen molar-refractivity contribution in [2.24, 2.45) is 0 Å². The first-order chi connectivity index (χ1) is 11.8. The topological polar surface area (TPSA) is 61.5 Å². The molecule has 0 unspecified atom stereocenters. The predicted octanol–water partition coefficient (Wildman–Crippen LogP) is 4.43. The number of nitrogens with zero attached hydrogens (tertiary/aromatic N) is 1. The van der Waals surface area contributed by atoms with E-state index in [1.165, 1.54) is 0 Å². The molecule has 0 aliphatic rings. The van der Waals surface area contributed by atoms with E-state index in [1.807, 2.05) is 54.6 Å². The summed E-state index contributed by atoms with van der Waals surface area (Å²) in [4.78, 5) is 23.8. The number of carbonyl (C=O) groups excluding carboxylic acids is 1. The van der Waals surface area contributed by atoms with Gasteiger partial charge in [0.1, 0.15) is 0 Å². The minimum absolute atomic E-state index is 0.0206. The Balaban J connectivity index is 1.71. The van der Waals surface area contributed by atoms with Crippen LogP contribution in [0.1, 0.15) is 16.1 Å². The van der Waals surface area contributed by atoms with E-state index in [-0.39, 0.29) is 5.78 Å². The largest absolute Gasteiger partial charge is 0.360 e. The smallest absolute Gasteiger partial charge is 0.211 e. The summed E-state index contributed by atoms with van der Waals surface area (Å²) in [5, 5.41) is 3.00. The minimum Gasteiger partial charge on any atom is -0.360 e. The van der Waals surface area contributed by atoms with Crippen LogP contribution in [0.5, 0.6) is 0 Å². The molecule has 2 N–H and O–H groups in total. The number of carbonyl (C=O) groups is 1. The lowest BCUT2D eigenvalue weighted by molar-refractivity contribution is 0.103. The molecule has 0 bridgehead atoms. The molecule has 4 heteroatoms. The maximum atomic E-state index is 13.0. The van der Waals surface area contributed by atoms with Crippen LogP contribution in [0.3, 0.4) is 0 Å². The van der Waals surface area contributed by atoms with Crippen molar-refractivity contribution in [2.45, 2.75) is 0 Å². The number of aromatic nitrogens is 3. The number of rotatable bonds is 2. The Bertz CT molecular complexity index is 1230. The second-order valence-electron chi connectivity index (χ2n) is 5.86. The normalized spacial score (nSPS) is 11.5. The van der Waals surface area contributed by atoms with E-state index >= 15 is 0 Å². The van der Waals surface area contributed by atoms with Crippen LogP contribution in [0.2, 0.25) is 0 Å². The fraction of sp³-hybridized carbons (Fsp3) is 0. The predicted molar refractivity (Wildman–Crippen MR) is 95.3 cm³/mol. The van der Waals surface area contributed by atoms with Gasteiger partial charge in [-0.3, -0.25) is 9.78 Å². The van der Waals surface area contributed by atoms with Crippen LogP contribution < -0.4 is 0 Å². The van der Waals surface area contributed by atoms with Crippen molar-refractivity contribution in [1.29, 1.82) is 0 Å². The Kier molecular flexibility index (Phi) is 2.61. The second kappa shape index (κ2) is 4.80. The van der Waals surface area contributed by atoms with Crippen LogP contribution in [0.15, 0.2) is 67.0 Å². The molecule has 3 aromatic heterocycles. The van der Waals surface area contributed by atoms with Gasteiger partial charge >= 0.3 is 0 Å². The van der Waals surface area contributed by atoms with Gasteiger partial charge in [0.25, 0.3) is 0 Å². The van der Waals surface area contributed by atoms with Crippen LogP contribution >= 0.6 is 0 Å². The molecule has 0 amide bonds. The van der Waals surface area contributed by atoms with Crippen LogP contribution in [-0.2, 0) is 0 Å². The van der Waals surface area contributed by atoms with Gasteiger partial charge < -0.3 is 9.97 Å². The van der Waals surface area contributed by atoms with Crippen molar-refractivity contribution < 1.29 is 4.79 Å². The van der Waals surface area contributed by atoms with E-state index in [2.05, 4.69) is 15.0 Å². The molecule has 3 heterocycles. The van der Waals surface area contributed by atoms with E-state index in [0.29, 0.717) is 11.3 Å². The zero-order valence-corrected chi connectivity index (χ0v) is 12.7. The first-order valence-corrected chi connectivity index (χ1v) is 7.78. The summed E-state index contributed by atoms with van der Waals surface area (Å²) in [7, 11) is 0. The molecule has 0 spiro atoms. The van der Waals surface area contributed by atoms with E-state index < -0.39 is 0 Å². The lowest BCUT2D eigenvalue weighted by atomic mass is 10.1. The maximum absolute atomic E-state index is 13.0. The van der Waals surface area contributed by atoms with Crippen molar-refractivity contribution >= 4 is 38.5 Å². The zero-order valence-electron chi connectivity index (χ0n) is 12.7. The molecule has 5 aromatic rings. The van der Waals surface area contributed by atoms with Gasteiger partial charge in [0.05, 0.1) is 22.9 Å². The second-order valence-corrected chi connectivity index (χ2v) is 5.86. The molecule has 24 heavy (non-hydrogen) atoms. The number of fused-ring (bicyclic) bond motifs is 4. The Morgan fingerprint density at radius 2 is 1.67 bits per heavy atom. The molecule has 0 saturated carbocycles. The quantitative estimate of drug-likeness (QED) is 0.474. The van der Waals surface area contributed by atoms with Crippen LogP contribution in [0, 0.1) is 0 Å². The molecule has 2 aromatic carbocycles. The van der Waals surface area contributed by atoms with Gasteiger partial charge in [0, 0.05) is 33.4 Å². The summed E-state index contributed by atoms with van der Waals surface area (Å²) >= 11 is 0. The van der Waals surface area contributed by atoms with Gasteiger partial charge in [0.15, 0.2) is 0 Å². The summed E-state index contributed by atoms with van der Waals surface area (Å²) in [6, 6.07) is 17.7. The maximum Gasteiger partial charge on any atom is 0.211 e. The third-order valence-corrected chi connectivity index (χ3v) is 4.45. The molecule has 114 valence electrons. The Hall–Kier alpha value is -3.40. The summed E-state index contributed by atoms with van der Waals surface area (Å²) in [6.45, 7) is 0. The molecular formula is C20H13N3O. The van der Waals surface area contributed by atoms with Crippen molar-refractivity contribution in [3.63, 3.8) is 0 Å². The number of para-hydroxylation sites is 2. The summed E-state index contributed by atoms with van der Waals surface area (Å²) in [5.41, 5.74) is 4.01. The average Bonchev–Trinajstić information content (AvgIpc) is 3.25. The molecule has 0 aliphatic heterocycles. The molecule has 5 rings (SSSR count). The first-order valence-electron chi connectivity index (χ1n) is 7.78. The van der Waals surface area contributed by atoms with Crippen LogP contribution in [0.25, 0.3) is 32.7 Å². The van der Waals surface area contributed by atoms with Gasteiger partial charge in [-0.05, 0) is 18.2 Å². The number of aromatic amines is 2. The number of hydrogen-bond acceptors (Lipinski definition) is 2. The van der Waals surface area contributed by atoms with Gasteiger partial charge in [-0.25, -0.2) is 0 Å². The highest BCUT2D eigenvalue weighted by molar-refractivity contribution is 6.18. The molecule has 4 nitrogen and oxygen atoms in total. The molecule has 0 fully saturated rings. The Morgan fingerprint density at radius 1 is 0.875 bits per heavy atom. The fourth-order valence-electron chi connectivity index (χ4n) is 3.27. The summed E-state index contributed by atoms with van der Waals surface area (Å²) in [6.07, 6.45) is 3.55. The Labute approximate surface area is 137 Å². The molecule has 0 aliphatic carbocycles. The number of ketones is 1. The van der Waals surface area contributed by atoms with E-state index in [1.54, 1.807) is 12.4 Å². The lowest BCUT2D eigenvalue weighted by Gasteiger charge is -1.96. The fourth-order valence-corrected chi connectivity index (χ4v) is 3.27. The third kappa shape index (κ3) is 1.80.